The molecule has 0 spiro atoms. The highest BCUT2D eigenvalue weighted by Crippen LogP contribution is 2.31. The van der Waals surface area contributed by atoms with Crippen LogP contribution in [0.2, 0.25) is 0 Å². The molecule has 1 N–H and O–H groups in total. The Balaban J connectivity index is 2.13. The normalized spacial score (nSPS) is 11.9. The molecule has 0 aliphatic rings. The minimum atomic E-state index is -0.175. The molecule has 2 rings (SSSR count). The van der Waals surface area contributed by atoms with Crippen LogP contribution in [0.15, 0.2) is 41.6 Å². The van der Waals surface area contributed by atoms with E-state index in [1.165, 1.54) is 11.8 Å². The Labute approximate surface area is 159 Å². The Morgan fingerprint density at radius 1 is 1.23 bits per heavy atom. The van der Waals surface area contributed by atoms with Crippen LogP contribution in [-0.4, -0.2) is 30.9 Å². The van der Waals surface area contributed by atoms with Crippen molar-refractivity contribution in [2.24, 2.45) is 5.92 Å². The maximum Gasteiger partial charge on any atom is 0.254 e. The van der Waals surface area contributed by atoms with Gasteiger partial charge in [-0.15, -0.1) is 11.8 Å². The van der Waals surface area contributed by atoms with E-state index in [0.29, 0.717) is 34.6 Å². The van der Waals surface area contributed by atoms with E-state index in [1.54, 1.807) is 25.4 Å². The lowest BCUT2D eigenvalue weighted by Crippen LogP contribution is -2.27. The molecule has 1 heterocycles. The fourth-order valence-corrected chi connectivity index (χ4v) is 2.96. The van der Waals surface area contributed by atoms with Gasteiger partial charge in [0.25, 0.3) is 5.91 Å². The molecule has 140 valence electrons. The van der Waals surface area contributed by atoms with Crippen LogP contribution in [-0.2, 0) is 0 Å². The summed E-state index contributed by atoms with van der Waals surface area (Å²) in [7, 11) is 1.62. The van der Waals surface area contributed by atoms with E-state index in [4.69, 9.17) is 9.47 Å². The number of nitrogens with zero attached hydrogens (tertiary/aromatic N) is 1. The number of ether oxygens (including phenoxy) is 2. The molecule has 26 heavy (non-hydrogen) atoms. The minimum absolute atomic E-state index is 0.144. The molecule has 0 aliphatic carbocycles. The van der Waals surface area contributed by atoms with E-state index < -0.39 is 0 Å². The van der Waals surface area contributed by atoms with E-state index >= 15 is 0 Å². The number of thioether (sulfide) groups is 1. The number of hydrogen-bond acceptors (Lipinski definition) is 5. The first kappa shape index (κ1) is 20.1. The van der Waals surface area contributed by atoms with Crippen molar-refractivity contribution < 1.29 is 14.3 Å². The maximum atomic E-state index is 12.6. The fraction of sp³-hybridized carbons (Fsp3) is 0.400. The number of hydrogen-bond donors (Lipinski definition) is 1. The number of rotatable bonds is 8. The van der Waals surface area contributed by atoms with Crippen LogP contribution in [0.4, 0.5) is 0 Å². The smallest absolute Gasteiger partial charge is 0.254 e. The molecule has 0 bridgehead atoms. The highest BCUT2D eigenvalue weighted by Gasteiger charge is 2.17. The maximum absolute atomic E-state index is 12.6. The van der Waals surface area contributed by atoms with Crippen molar-refractivity contribution in [2.45, 2.75) is 31.8 Å². The Hall–Kier alpha value is -2.21. The van der Waals surface area contributed by atoms with Crippen molar-refractivity contribution in [3.8, 4) is 11.5 Å². The quantitative estimate of drug-likeness (QED) is 0.697. The van der Waals surface area contributed by atoms with E-state index in [2.05, 4.69) is 24.1 Å². The lowest BCUT2D eigenvalue weighted by atomic mass is 10.1. The third-order valence-electron chi connectivity index (χ3n) is 3.82. The summed E-state index contributed by atoms with van der Waals surface area (Å²) >= 11 is 1.45. The summed E-state index contributed by atoms with van der Waals surface area (Å²) in [5.41, 5.74) is 1.53. The Bertz CT molecular complexity index is 750. The molecular weight excluding hydrogens is 348 g/mol. The molecule has 0 aliphatic heterocycles. The first-order valence-electron chi connectivity index (χ1n) is 8.56. The zero-order valence-corrected chi connectivity index (χ0v) is 16.7. The Morgan fingerprint density at radius 3 is 2.65 bits per heavy atom. The monoisotopic (exact) mass is 374 g/mol. The highest BCUT2D eigenvalue weighted by atomic mass is 32.2. The van der Waals surface area contributed by atoms with Gasteiger partial charge >= 0.3 is 0 Å². The summed E-state index contributed by atoms with van der Waals surface area (Å²) in [6.07, 6.45) is 3.59. The van der Waals surface area contributed by atoms with E-state index in [0.717, 1.165) is 5.56 Å². The molecule has 6 heteroatoms. The first-order valence-corrected chi connectivity index (χ1v) is 9.79. The first-order chi connectivity index (χ1) is 12.5. The number of methoxy groups -OCH3 is 1. The number of benzene rings is 1. The fourth-order valence-electron chi connectivity index (χ4n) is 2.41. The van der Waals surface area contributed by atoms with Crippen LogP contribution < -0.4 is 14.8 Å². The molecule has 1 amide bonds. The van der Waals surface area contributed by atoms with Crippen molar-refractivity contribution in [1.29, 1.82) is 0 Å². The van der Waals surface area contributed by atoms with Crippen molar-refractivity contribution in [1.82, 2.24) is 10.3 Å². The second kappa shape index (κ2) is 9.48. The van der Waals surface area contributed by atoms with Crippen LogP contribution in [0.3, 0.4) is 0 Å². The van der Waals surface area contributed by atoms with Gasteiger partial charge in [-0.25, -0.2) is 4.98 Å². The highest BCUT2D eigenvalue weighted by molar-refractivity contribution is 7.98. The van der Waals surface area contributed by atoms with Crippen molar-refractivity contribution in [3.63, 3.8) is 0 Å². The lowest BCUT2D eigenvalue weighted by Gasteiger charge is -2.18. The van der Waals surface area contributed by atoms with Gasteiger partial charge in [-0.05, 0) is 48.9 Å². The van der Waals surface area contributed by atoms with Crippen molar-refractivity contribution in [2.75, 3.05) is 20.0 Å². The van der Waals surface area contributed by atoms with Gasteiger partial charge in [0.1, 0.15) is 5.03 Å². The number of amides is 1. The van der Waals surface area contributed by atoms with Gasteiger partial charge in [0.2, 0.25) is 0 Å². The molecular formula is C20H26N2O3S. The molecule has 2 aromatic rings. The van der Waals surface area contributed by atoms with Crippen molar-refractivity contribution in [3.05, 3.63) is 47.7 Å². The molecule has 5 nitrogen and oxygen atoms in total. The van der Waals surface area contributed by atoms with Crippen molar-refractivity contribution >= 4 is 17.7 Å². The molecule has 0 saturated carbocycles. The summed E-state index contributed by atoms with van der Waals surface area (Å²) in [6.45, 7) is 6.76. The van der Waals surface area contributed by atoms with Gasteiger partial charge in [-0.1, -0.05) is 19.9 Å². The summed E-state index contributed by atoms with van der Waals surface area (Å²) in [5.74, 6) is 1.66. The van der Waals surface area contributed by atoms with E-state index in [-0.39, 0.29) is 11.9 Å². The third-order valence-corrected chi connectivity index (χ3v) is 4.53. The van der Waals surface area contributed by atoms with Crippen LogP contribution in [0.25, 0.3) is 0 Å². The predicted octanol–water partition coefficient (Wildman–Crippen LogP) is 4.34. The van der Waals surface area contributed by atoms with Gasteiger partial charge < -0.3 is 14.8 Å². The molecule has 0 fully saturated rings. The number of carbonyl (C=O) groups is 1. The van der Waals surface area contributed by atoms with Crippen LogP contribution >= 0.6 is 11.8 Å². The molecule has 0 saturated heterocycles. The standard InChI is InChI=1S/C20H26N2O3S/c1-13(2)12-25-17-9-8-15(11-18(17)24-4)14(3)22-19(23)16-7-6-10-21-20(16)26-5/h6-11,13-14H,12H2,1-5H3,(H,22,23). The van der Waals surface area contributed by atoms with Gasteiger partial charge in [-0.2, -0.15) is 0 Å². The van der Waals surface area contributed by atoms with Gasteiger partial charge in [0, 0.05) is 6.20 Å². The average Bonchev–Trinajstić information content (AvgIpc) is 2.65. The third kappa shape index (κ3) is 5.14. The summed E-state index contributed by atoms with van der Waals surface area (Å²) in [6, 6.07) is 9.11. The number of pyridine rings is 1. The minimum Gasteiger partial charge on any atom is -0.493 e. The zero-order chi connectivity index (χ0) is 19.1. The number of nitrogens with one attached hydrogen (secondary N) is 1. The molecule has 1 aromatic carbocycles. The zero-order valence-electron chi connectivity index (χ0n) is 15.9. The largest absolute Gasteiger partial charge is 0.493 e. The lowest BCUT2D eigenvalue weighted by molar-refractivity contribution is 0.0936. The Kier molecular flexibility index (Phi) is 7.33. The second-order valence-electron chi connectivity index (χ2n) is 6.37. The summed E-state index contributed by atoms with van der Waals surface area (Å²) in [4.78, 5) is 16.8. The van der Waals surface area contributed by atoms with E-state index in [1.807, 2.05) is 31.4 Å². The van der Waals surface area contributed by atoms with Gasteiger partial charge in [0.15, 0.2) is 11.5 Å². The molecule has 1 unspecified atom stereocenters. The average molecular weight is 375 g/mol. The molecule has 1 atom stereocenters. The summed E-state index contributed by atoms with van der Waals surface area (Å²) < 4.78 is 11.2. The predicted molar refractivity (Wildman–Crippen MR) is 105 cm³/mol. The second-order valence-corrected chi connectivity index (χ2v) is 7.17. The van der Waals surface area contributed by atoms with Crippen LogP contribution in [0.5, 0.6) is 11.5 Å². The number of carbonyl (C=O) groups excluding carboxylic acids is 1. The SMILES string of the molecule is COc1cc(C(C)NC(=O)c2cccnc2SC)ccc1OCC(C)C. The molecule has 0 radical (unpaired) electrons. The summed E-state index contributed by atoms with van der Waals surface area (Å²) in [5, 5.41) is 3.73. The van der Waals surface area contributed by atoms with Crippen LogP contribution in [0.1, 0.15) is 42.7 Å². The van der Waals surface area contributed by atoms with Crippen LogP contribution in [0, 0.1) is 5.92 Å². The number of aromatic nitrogens is 1. The van der Waals surface area contributed by atoms with Gasteiger partial charge in [0.05, 0.1) is 25.3 Å². The topological polar surface area (TPSA) is 60.5 Å². The Morgan fingerprint density at radius 2 is 2.00 bits per heavy atom. The van der Waals surface area contributed by atoms with Gasteiger partial charge in [-0.3, -0.25) is 4.79 Å². The molecule has 1 aromatic heterocycles. The van der Waals surface area contributed by atoms with E-state index in [9.17, 15) is 4.79 Å².